The van der Waals surface area contributed by atoms with Gasteiger partial charge in [-0.1, -0.05) is 13.0 Å². The highest BCUT2D eigenvalue weighted by Crippen LogP contribution is 2.23. The molecule has 0 amide bonds. The van der Waals surface area contributed by atoms with Gasteiger partial charge in [-0.05, 0) is 44.1 Å². The average molecular weight is 266 g/mol. The first-order valence-corrected chi connectivity index (χ1v) is 8.03. The fraction of sp³-hybridized carbons (Fsp3) is 0.733. The van der Waals surface area contributed by atoms with Crippen LogP contribution in [0.25, 0.3) is 0 Å². The van der Waals surface area contributed by atoms with Crippen molar-refractivity contribution in [1.82, 2.24) is 10.2 Å². The molecule has 2 rings (SSSR count). The minimum atomic E-state index is 0.641. The van der Waals surface area contributed by atoms with Crippen LogP contribution in [0.3, 0.4) is 0 Å². The van der Waals surface area contributed by atoms with Gasteiger partial charge in [0.1, 0.15) is 0 Å². The molecule has 1 aliphatic rings. The summed E-state index contributed by atoms with van der Waals surface area (Å²) in [6.45, 7) is 10.5. The van der Waals surface area contributed by atoms with Crippen LogP contribution in [0.2, 0.25) is 0 Å². The number of piperidine rings is 1. The second-order valence-electron chi connectivity index (χ2n) is 5.79. The smallest absolute Gasteiger partial charge is 0.0300 e. The summed E-state index contributed by atoms with van der Waals surface area (Å²) in [6.07, 6.45) is 2.75. The molecule has 18 heavy (non-hydrogen) atoms. The predicted octanol–water partition coefficient (Wildman–Crippen LogP) is 3.35. The maximum absolute atomic E-state index is 3.59. The number of nitrogens with zero attached hydrogens (tertiary/aromatic N) is 1. The van der Waals surface area contributed by atoms with Crippen LogP contribution in [-0.4, -0.2) is 30.1 Å². The second-order valence-corrected chi connectivity index (χ2v) is 6.82. The van der Waals surface area contributed by atoms with Crippen LogP contribution in [0.4, 0.5) is 0 Å². The maximum atomic E-state index is 3.59. The molecule has 2 heterocycles. The quantitative estimate of drug-likeness (QED) is 0.879. The van der Waals surface area contributed by atoms with E-state index in [4.69, 9.17) is 0 Å². The van der Waals surface area contributed by atoms with Crippen LogP contribution in [-0.2, 0) is 6.54 Å². The van der Waals surface area contributed by atoms with Gasteiger partial charge in [0.25, 0.3) is 0 Å². The van der Waals surface area contributed by atoms with Crippen LogP contribution in [0, 0.1) is 5.92 Å². The summed E-state index contributed by atoms with van der Waals surface area (Å²) in [4.78, 5) is 4.11. The Morgan fingerprint density at radius 3 is 3.00 bits per heavy atom. The lowest BCUT2D eigenvalue weighted by Gasteiger charge is -2.41. The Morgan fingerprint density at radius 1 is 1.44 bits per heavy atom. The van der Waals surface area contributed by atoms with Crippen molar-refractivity contribution in [3.05, 3.63) is 22.4 Å². The van der Waals surface area contributed by atoms with E-state index in [9.17, 15) is 0 Å². The van der Waals surface area contributed by atoms with E-state index in [1.807, 2.05) is 11.3 Å². The van der Waals surface area contributed by atoms with Crippen LogP contribution in [0.1, 0.15) is 38.5 Å². The molecule has 0 radical (unpaired) electrons. The largest absolute Gasteiger partial charge is 0.310 e. The highest BCUT2D eigenvalue weighted by Gasteiger charge is 2.26. The summed E-state index contributed by atoms with van der Waals surface area (Å²) in [5, 5.41) is 5.74. The molecule has 0 aliphatic carbocycles. The molecule has 3 atom stereocenters. The van der Waals surface area contributed by atoms with Gasteiger partial charge in [-0.15, -0.1) is 11.3 Å². The SMILES string of the molecule is CC1CCC(C)N(C(C)CNCc2cccs2)C1. The van der Waals surface area contributed by atoms with Crippen LogP contribution in [0.15, 0.2) is 17.5 Å². The second kappa shape index (κ2) is 6.69. The normalized spacial score (nSPS) is 27.3. The number of rotatable bonds is 5. The molecule has 1 aromatic heterocycles. The molecule has 3 heteroatoms. The predicted molar refractivity (Wildman–Crippen MR) is 80.1 cm³/mol. The van der Waals surface area contributed by atoms with Crippen LogP contribution in [0.5, 0.6) is 0 Å². The van der Waals surface area contributed by atoms with Gasteiger partial charge < -0.3 is 5.32 Å². The van der Waals surface area contributed by atoms with Gasteiger partial charge in [-0.3, -0.25) is 4.90 Å². The summed E-state index contributed by atoms with van der Waals surface area (Å²) in [5.41, 5.74) is 0. The third-order valence-corrected chi connectivity index (χ3v) is 4.93. The van der Waals surface area contributed by atoms with Gasteiger partial charge >= 0.3 is 0 Å². The van der Waals surface area contributed by atoms with E-state index in [1.165, 1.54) is 24.3 Å². The molecule has 3 unspecified atom stereocenters. The number of hydrogen-bond acceptors (Lipinski definition) is 3. The monoisotopic (exact) mass is 266 g/mol. The molecule has 0 spiro atoms. The standard InChI is InChI=1S/C15H26N2S/c1-12-6-7-13(2)17(11-12)14(3)9-16-10-15-5-4-8-18-15/h4-5,8,12-14,16H,6-7,9-11H2,1-3H3. The molecule has 0 aromatic carbocycles. The summed E-state index contributed by atoms with van der Waals surface area (Å²) in [6, 6.07) is 5.72. The number of hydrogen-bond donors (Lipinski definition) is 1. The minimum absolute atomic E-state index is 0.641. The molecule has 102 valence electrons. The lowest BCUT2D eigenvalue weighted by molar-refractivity contribution is 0.0840. The average Bonchev–Trinajstić information content (AvgIpc) is 2.85. The fourth-order valence-electron chi connectivity index (χ4n) is 2.87. The number of nitrogens with one attached hydrogen (secondary N) is 1. The van der Waals surface area contributed by atoms with Gasteiger partial charge in [0.15, 0.2) is 0 Å². The molecule has 0 saturated carbocycles. The van der Waals surface area contributed by atoms with Gasteiger partial charge in [0.2, 0.25) is 0 Å². The molecule has 2 nitrogen and oxygen atoms in total. The Kier molecular flexibility index (Phi) is 5.22. The third-order valence-electron chi connectivity index (χ3n) is 4.05. The minimum Gasteiger partial charge on any atom is -0.310 e. The summed E-state index contributed by atoms with van der Waals surface area (Å²) in [7, 11) is 0. The lowest BCUT2D eigenvalue weighted by Crippen LogP contribution is -2.49. The Balaban J connectivity index is 1.74. The maximum Gasteiger partial charge on any atom is 0.0300 e. The van der Waals surface area contributed by atoms with E-state index in [2.05, 4.69) is 48.5 Å². The van der Waals surface area contributed by atoms with E-state index in [0.29, 0.717) is 6.04 Å². The van der Waals surface area contributed by atoms with Crippen molar-refractivity contribution >= 4 is 11.3 Å². The van der Waals surface area contributed by atoms with Gasteiger partial charge in [0.05, 0.1) is 0 Å². The molecular formula is C15H26N2S. The van der Waals surface area contributed by atoms with E-state index >= 15 is 0 Å². The zero-order chi connectivity index (χ0) is 13.0. The van der Waals surface area contributed by atoms with Crippen molar-refractivity contribution in [2.75, 3.05) is 13.1 Å². The van der Waals surface area contributed by atoms with Crippen LogP contribution < -0.4 is 5.32 Å². The summed E-state index contributed by atoms with van der Waals surface area (Å²) < 4.78 is 0. The molecule has 1 fully saturated rings. The van der Waals surface area contributed by atoms with Crippen molar-refractivity contribution < 1.29 is 0 Å². The Hall–Kier alpha value is -0.380. The van der Waals surface area contributed by atoms with Crippen molar-refractivity contribution in [3.63, 3.8) is 0 Å². The zero-order valence-corrected chi connectivity index (χ0v) is 12.7. The highest BCUT2D eigenvalue weighted by atomic mass is 32.1. The molecule has 1 N–H and O–H groups in total. The Bertz CT molecular complexity index is 336. The number of thiophene rings is 1. The molecule has 1 aliphatic heterocycles. The van der Waals surface area contributed by atoms with E-state index in [0.717, 1.165) is 25.0 Å². The first-order valence-electron chi connectivity index (χ1n) is 7.15. The topological polar surface area (TPSA) is 15.3 Å². The summed E-state index contributed by atoms with van der Waals surface area (Å²) in [5.74, 6) is 0.862. The molecule has 1 aromatic rings. The molecule has 0 bridgehead atoms. The third kappa shape index (κ3) is 3.81. The highest BCUT2D eigenvalue weighted by molar-refractivity contribution is 7.09. The first-order chi connectivity index (χ1) is 8.66. The first kappa shape index (κ1) is 14.0. The Morgan fingerprint density at radius 2 is 2.28 bits per heavy atom. The molecule has 1 saturated heterocycles. The van der Waals surface area contributed by atoms with Crippen molar-refractivity contribution in [2.45, 2.75) is 52.2 Å². The van der Waals surface area contributed by atoms with Crippen molar-refractivity contribution in [2.24, 2.45) is 5.92 Å². The lowest BCUT2D eigenvalue weighted by atomic mass is 9.93. The van der Waals surface area contributed by atoms with Gasteiger partial charge in [-0.2, -0.15) is 0 Å². The Labute approximate surface area is 115 Å². The fourth-order valence-corrected chi connectivity index (χ4v) is 3.55. The summed E-state index contributed by atoms with van der Waals surface area (Å²) >= 11 is 1.84. The van der Waals surface area contributed by atoms with E-state index < -0.39 is 0 Å². The zero-order valence-electron chi connectivity index (χ0n) is 11.9. The molecular weight excluding hydrogens is 240 g/mol. The van der Waals surface area contributed by atoms with Gasteiger partial charge in [-0.25, -0.2) is 0 Å². The number of likely N-dealkylation sites (tertiary alicyclic amines) is 1. The van der Waals surface area contributed by atoms with Crippen molar-refractivity contribution in [3.8, 4) is 0 Å². The van der Waals surface area contributed by atoms with Gasteiger partial charge in [0, 0.05) is 36.6 Å². The van der Waals surface area contributed by atoms with Crippen molar-refractivity contribution in [1.29, 1.82) is 0 Å². The van der Waals surface area contributed by atoms with Crippen LogP contribution >= 0.6 is 11.3 Å². The van der Waals surface area contributed by atoms with E-state index in [1.54, 1.807) is 0 Å². The van der Waals surface area contributed by atoms with E-state index in [-0.39, 0.29) is 0 Å².